The van der Waals surface area contributed by atoms with Crippen LogP contribution in [0.1, 0.15) is 24.0 Å². The summed E-state index contributed by atoms with van der Waals surface area (Å²) >= 11 is 0. The Morgan fingerprint density at radius 2 is 1.95 bits per heavy atom. The van der Waals surface area contributed by atoms with Gasteiger partial charge in [-0.3, -0.25) is 0 Å². The van der Waals surface area contributed by atoms with Crippen LogP contribution in [0.2, 0.25) is 0 Å². The van der Waals surface area contributed by atoms with Crippen LogP contribution < -0.4 is 10.1 Å². The van der Waals surface area contributed by atoms with Crippen LogP contribution in [0.3, 0.4) is 0 Å². The van der Waals surface area contributed by atoms with Gasteiger partial charge >= 0.3 is 0 Å². The number of para-hydroxylation sites is 1. The van der Waals surface area contributed by atoms with Gasteiger partial charge in [-0.1, -0.05) is 18.2 Å². The molecule has 19 heavy (non-hydrogen) atoms. The second-order valence-corrected chi connectivity index (χ2v) is 4.40. The van der Waals surface area contributed by atoms with Crippen molar-refractivity contribution in [3.8, 4) is 5.75 Å². The van der Waals surface area contributed by atoms with E-state index >= 15 is 0 Å². The van der Waals surface area contributed by atoms with E-state index in [9.17, 15) is 0 Å². The number of hydrogen-bond donors (Lipinski definition) is 1. The van der Waals surface area contributed by atoms with Crippen molar-refractivity contribution >= 4 is 5.82 Å². The van der Waals surface area contributed by atoms with Gasteiger partial charge in [0.15, 0.2) is 5.82 Å². The number of aromatic nitrogens is 2. The highest BCUT2D eigenvalue weighted by Crippen LogP contribution is 2.17. The molecule has 0 saturated heterocycles. The molecule has 1 aromatic heterocycles. The summed E-state index contributed by atoms with van der Waals surface area (Å²) in [4.78, 5) is 8.81. The zero-order chi connectivity index (χ0) is 13.7. The van der Waals surface area contributed by atoms with Gasteiger partial charge in [-0.25, -0.2) is 9.97 Å². The number of ether oxygens (including phenoxy) is 1. The fourth-order valence-electron chi connectivity index (χ4n) is 1.83. The van der Waals surface area contributed by atoms with Crippen molar-refractivity contribution in [2.75, 3.05) is 11.9 Å². The molecule has 0 aliphatic carbocycles. The smallest absolute Gasteiger partial charge is 0.168 e. The van der Waals surface area contributed by atoms with Crippen molar-refractivity contribution in [3.05, 3.63) is 47.4 Å². The first-order valence-electron chi connectivity index (χ1n) is 6.46. The molecule has 0 spiro atoms. The normalized spacial score (nSPS) is 10.3. The van der Waals surface area contributed by atoms with Crippen LogP contribution in [0.25, 0.3) is 0 Å². The van der Waals surface area contributed by atoms with E-state index in [0.29, 0.717) is 12.4 Å². The third-order valence-corrected chi connectivity index (χ3v) is 2.71. The Kier molecular flexibility index (Phi) is 4.34. The predicted molar refractivity (Wildman–Crippen MR) is 76.4 cm³/mol. The highest BCUT2D eigenvalue weighted by Gasteiger charge is 2.04. The minimum atomic E-state index is 0.380. The number of rotatable bonds is 5. The van der Waals surface area contributed by atoms with E-state index in [-0.39, 0.29) is 0 Å². The van der Waals surface area contributed by atoms with Gasteiger partial charge in [-0.05, 0) is 32.4 Å². The van der Waals surface area contributed by atoms with Crippen molar-refractivity contribution in [1.82, 2.24) is 9.97 Å². The summed E-state index contributed by atoms with van der Waals surface area (Å²) in [5.41, 5.74) is 2.05. The molecule has 0 saturated carbocycles. The topological polar surface area (TPSA) is 47.0 Å². The molecule has 0 fully saturated rings. The van der Waals surface area contributed by atoms with Crippen molar-refractivity contribution in [2.24, 2.45) is 0 Å². The Hall–Kier alpha value is -2.10. The minimum Gasteiger partial charge on any atom is -0.485 e. The minimum absolute atomic E-state index is 0.380. The van der Waals surface area contributed by atoms with Crippen molar-refractivity contribution in [1.29, 1.82) is 0 Å². The van der Waals surface area contributed by atoms with E-state index < -0.39 is 0 Å². The van der Waals surface area contributed by atoms with Crippen LogP contribution in [0, 0.1) is 13.8 Å². The summed E-state index contributed by atoms with van der Waals surface area (Å²) in [6, 6.07) is 9.87. The molecular formula is C15H19N3O. The molecule has 100 valence electrons. The number of nitrogens with one attached hydrogen (secondary N) is 1. The van der Waals surface area contributed by atoms with Gasteiger partial charge in [0.1, 0.15) is 18.2 Å². The van der Waals surface area contributed by atoms with Crippen LogP contribution in [0.4, 0.5) is 5.82 Å². The molecule has 2 aromatic rings. The Labute approximate surface area is 113 Å². The Bertz CT molecular complexity index is 555. The SMILES string of the molecule is CCNc1cc(C)nc(COc2ccccc2C)n1. The number of aryl methyl sites for hydroxylation is 2. The summed E-state index contributed by atoms with van der Waals surface area (Å²) < 4.78 is 5.76. The van der Waals surface area contributed by atoms with E-state index in [4.69, 9.17) is 4.74 Å². The lowest BCUT2D eigenvalue weighted by Gasteiger charge is -2.10. The first-order chi connectivity index (χ1) is 9.19. The average Bonchev–Trinajstić information content (AvgIpc) is 2.37. The fraction of sp³-hybridized carbons (Fsp3) is 0.333. The third kappa shape index (κ3) is 3.68. The molecule has 4 heteroatoms. The van der Waals surface area contributed by atoms with Crippen molar-refractivity contribution in [3.63, 3.8) is 0 Å². The Morgan fingerprint density at radius 3 is 2.68 bits per heavy atom. The van der Waals surface area contributed by atoms with Crippen molar-refractivity contribution in [2.45, 2.75) is 27.4 Å². The van der Waals surface area contributed by atoms with Gasteiger partial charge in [0.2, 0.25) is 0 Å². The predicted octanol–water partition coefficient (Wildman–Crippen LogP) is 3.10. The van der Waals surface area contributed by atoms with Gasteiger partial charge < -0.3 is 10.1 Å². The number of hydrogen-bond acceptors (Lipinski definition) is 4. The molecule has 0 bridgehead atoms. The standard InChI is InChI=1S/C15H19N3O/c1-4-16-14-9-12(3)17-15(18-14)10-19-13-8-6-5-7-11(13)2/h5-9H,4,10H2,1-3H3,(H,16,17,18). The molecule has 1 aromatic carbocycles. The molecule has 4 nitrogen and oxygen atoms in total. The van der Waals surface area contributed by atoms with Gasteiger partial charge in [-0.2, -0.15) is 0 Å². The van der Waals surface area contributed by atoms with Crippen molar-refractivity contribution < 1.29 is 4.74 Å². The maximum Gasteiger partial charge on any atom is 0.168 e. The summed E-state index contributed by atoms with van der Waals surface area (Å²) in [6.45, 7) is 7.25. The van der Waals surface area contributed by atoms with E-state index in [1.165, 1.54) is 0 Å². The van der Waals surface area contributed by atoms with Crippen LogP contribution in [-0.2, 0) is 6.61 Å². The molecule has 1 N–H and O–H groups in total. The second kappa shape index (κ2) is 6.18. The quantitative estimate of drug-likeness (QED) is 0.894. The molecule has 0 aliphatic rings. The lowest BCUT2D eigenvalue weighted by atomic mass is 10.2. The Morgan fingerprint density at radius 1 is 1.16 bits per heavy atom. The molecular weight excluding hydrogens is 238 g/mol. The first-order valence-corrected chi connectivity index (χ1v) is 6.46. The van der Waals surface area contributed by atoms with Crippen LogP contribution in [0.15, 0.2) is 30.3 Å². The molecule has 0 aliphatic heterocycles. The number of benzene rings is 1. The average molecular weight is 257 g/mol. The van der Waals surface area contributed by atoms with Crippen LogP contribution in [0.5, 0.6) is 5.75 Å². The highest BCUT2D eigenvalue weighted by molar-refractivity contribution is 5.36. The lowest BCUT2D eigenvalue weighted by Crippen LogP contribution is -2.07. The van der Waals surface area contributed by atoms with Crippen LogP contribution >= 0.6 is 0 Å². The summed E-state index contributed by atoms with van der Waals surface area (Å²) in [7, 11) is 0. The van der Waals surface area contributed by atoms with E-state index in [0.717, 1.165) is 29.4 Å². The summed E-state index contributed by atoms with van der Waals surface area (Å²) in [5, 5.41) is 3.19. The Balaban J connectivity index is 2.09. The fourth-order valence-corrected chi connectivity index (χ4v) is 1.83. The van der Waals surface area contributed by atoms with E-state index in [1.54, 1.807) is 0 Å². The number of nitrogens with zero attached hydrogens (tertiary/aromatic N) is 2. The first kappa shape index (κ1) is 13.3. The monoisotopic (exact) mass is 257 g/mol. The molecule has 2 rings (SSSR count). The second-order valence-electron chi connectivity index (χ2n) is 4.40. The third-order valence-electron chi connectivity index (χ3n) is 2.71. The highest BCUT2D eigenvalue weighted by atomic mass is 16.5. The van der Waals surface area contributed by atoms with E-state index in [2.05, 4.69) is 15.3 Å². The van der Waals surface area contributed by atoms with Gasteiger partial charge in [0.05, 0.1) is 0 Å². The molecule has 0 radical (unpaired) electrons. The molecule has 0 atom stereocenters. The van der Waals surface area contributed by atoms with Crippen LogP contribution in [-0.4, -0.2) is 16.5 Å². The maximum atomic E-state index is 5.76. The zero-order valence-electron chi connectivity index (χ0n) is 11.6. The summed E-state index contributed by atoms with van der Waals surface area (Å²) in [6.07, 6.45) is 0. The van der Waals surface area contributed by atoms with Gasteiger partial charge in [0, 0.05) is 18.3 Å². The summed E-state index contributed by atoms with van der Waals surface area (Å²) in [5.74, 6) is 2.41. The molecule has 1 heterocycles. The zero-order valence-corrected chi connectivity index (χ0v) is 11.6. The van der Waals surface area contributed by atoms with Gasteiger partial charge in [-0.15, -0.1) is 0 Å². The number of anilines is 1. The van der Waals surface area contributed by atoms with E-state index in [1.807, 2.05) is 51.1 Å². The molecule has 0 unspecified atom stereocenters. The molecule has 0 amide bonds. The van der Waals surface area contributed by atoms with Gasteiger partial charge in [0.25, 0.3) is 0 Å². The lowest BCUT2D eigenvalue weighted by molar-refractivity contribution is 0.293. The maximum absolute atomic E-state index is 5.76. The largest absolute Gasteiger partial charge is 0.485 e.